The number of aromatic nitrogens is 1. The number of methoxy groups -OCH3 is 1. The van der Waals surface area contributed by atoms with Crippen LogP contribution in [0.25, 0.3) is 32.6 Å². The minimum Gasteiger partial charge on any atom is -0.497 e. The van der Waals surface area contributed by atoms with Crippen molar-refractivity contribution in [2.45, 2.75) is 45.1 Å². The van der Waals surface area contributed by atoms with Crippen molar-refractivity contribution < 1.29 is 9.53 Å². The summed E-state index contributed by atoms with van der Waals surface area (Å²) in [7, 11) is 1.66. The Morgan fingerprint density at radius 1 is 1.03 bits per heavy atom. The normalized spacial score (nSPS) is 14.3. The highest BCUT2D eigenvalue weighted by atomic mass is 32.1. The molecular weight excluding hydrogens is 442 g/mol. The topological polar surface area (TPSA) is 77.2 Å². The van der Waals surface area contributed by atoms with Gasteiger partial charge in [-0.15, -0.1) is 11.3 Å². The Labute approximate surface area is 204 Å². The van der Waals surface area contributed by atoms with Crippen LogP contribution in [-0.4, -0.2) is 24.0 Å². The summed E-state index contributed by atoms with van der Waals surface area (Å²) in [4.78, 5) is 19.5. The van der Waals surface area contributed by atoms with E-state index in [1.165, 1.54) is 23.3 Å². The van der Waals surface area contributed by atoms with Gasteiger partial charge in [-0.3, -0.25) is 4.79 Å². The van der Waals surface area contributed by atoms with Crippen molar-refractivity contribution in [3.63, 3.8) is 0 Å². The number of anilines is 1. The predicted octanol–water partition coefficient (Wildman–Crippen LogP) is 6.59. The van der Waals surface area contributed by atoms with Crippen LogP contribution >= 0.6 is 11.3 Å². The van der Waals surface area contributed by atoms with Crippen molar-refractivity contribution in [2.75, 3.05) is 12.8 Å². The summed E-state index contributed by atoms with van der Waals surface area (Å²) < 4.78 is 5.31. The van der Waals surface area contributed by atoms with Crippen LogP contribution in [0.3, 0.4) is 0 Å². The molecule has 5 rings (SSSR count). The van der Waals surface area contributed by atoms with Crippen LogP contribution in [0.5, 0.6) is 5.75 Å². The average molecular weight is 472 g/mol. The Hall–Kier alpha value is -3.38. The summed E-state index contributed by atoms with van der Waals surface area (Å²) in [5.74, 6) is 0.707. The van der Waals surface area contributed by atoms with Gasteiger partial charge in [-0.25, -0.2) is 4.98 Å². The zero-order valence-corrected chi connectivity index (χ0v) is 20.4. The van der Waals surface area contributed by atoms with Crippen LogP contribution in [0.1, 0.15) is 47.3 Å². The summed E-state index contributed by atoms with van der Waals surface area (Å²) >= 11 is 1.38. The van der Waals surface area contributed by atoms with Gasteiger partial charge in [0.1, 0.15) is 15.5 Å². The average Bonchev–Trinajstić information content (AvgIpc) is 3.21. The van der Waals surface area contributed by atoms with Gasteiger partial charge in [0.25, 0.3) is 5.91 Å². The smallest absolute Gasteiger partial charge is 0.263 e. The fourth-order valence-electron chi connectivity index (χ4n) is 4.66. The fourth-order valence-corrected chi connectivity index (χ4v) is 5.68. The molecule has 0 bridgehead atoms. The summed E-state index contributed by atoms with van der Waals surface area (Å²) in [6.07, 6.45) is 5.64. The second kappa shape index (κ2) is 9.47. The van der Waals surface area contributed by atoms with E-state index in [4.69, 9.17) is 15.5 Å². The summed E-state index contributed by atoms with van der Waals surface area (Å²) in [5, 5.41) is 4.06. The van der Waals surface area contributed by atoms with Crippen molar-refractivity contribution in [3.8, 4) is 28.1 Å². The van der Waals surface area contributed by atoms with Crippen molar-refractivity contribution in [1.82, 2.24) is 10.3 Å². The number of hydrogen-bond donors (Lipinski definition) is 2. The Morgan fingerprint density at radius 2 is 1.71 bits per heavy atom. The number of nitrogen functional groups attached to an aromatic ring is 1. The molecule has 1 fully saturated rings. The maximum atomic E-state index is 13.2. The number of aryl methyl sites for hydroxylation is 1. The van der Waals surface area contributed by atoms with E-state index in [1.54, 1.807) is 7.11 Å². The first-order chi connectivity index (χ1) is 16.5. The number of thiophene rings is 1. The van der Waals surface area contributed by atoms with E-state index in [9.17, 15) is 4.79 Å². The Balaban J connectivity index is 1.62. The molecule has 6 heteroatoms. The molecule has 0 aliphatic heterocycles. The van der Waals surface area contributed by atoms with Crippen LogP contribution in [-0.2, 0) is 0 Å². The largest absolute Gasteiger partial charge is 0.497 e. The van der Waals surface area contributed by atoms with Gasteiger partial charge < -0.3 is 15.8 Å². The number of hydrogen-bond acceptors (Lipinski definition) is 5. The van der Waals surface area contributed by atoms with E-state index in [-0.39, 0.29) is 11.9 Å². The van der Waals surface area contributed by atoms with Crippen molar-refractivity contribution in [1.29, 1.82) is 0 Å². The Kier molecular flexibility index (Phi) is 6.24. The van der Waals surface area contributed by atoms with Crippen LogP contribution in [0.15, 0.2) is 54.6 Å². The van der Waals surface area contributed by atoms with E-state index in [0.29, 0.717) is 10.6 Å². The Bertz CT molecular complexity index is 1320. The molecule has 34 heavy (non-hydrogen) atoms. The lowest BCUT2D eigenvalue weighted by Crippen LogP contribution is -2.36. The summed E-state index contributed by atoms with van der Waals surface area (Å²) in [5.41, 5.74) is 12.2. The Morgan fingerprint density at radius 3 is 2.38 bits per heavy atom. The molecule has 4 aromatic rings. The lowest BCUT2D eigenvalue weighted by atomic mass is 9.95. The number of rotatable bonds is 5. The molecule has 5 nitrogen and oxygen atoms in total. The lowest BCUT2D eigenvalue weighted by Gasteiger charge is -2.22. The van der Waals surface area contributed by atoms with Crippen molar-refractivity contribution in [3.05, 3.63) is 65.0 Å². The van der Waals surface area contributed by atoms with Gasteiger partial charge in [0, 0.05) is 17.0 Å². The minimum absolute atomic E-state index is 0.0896. The van der Waals surface area contributed by atoms with Gasteiger partial charge in [-0.1, -0.05) is 49.1 Å². The summed E-state index contributed by atoms with van der Waals surface area (Å²) in [6.45, 7) is 2.07. The molecule has 2 aromatic carbocycles. The number of nitrogens with zero attached hydrogens (tertiary/aromatic N) is 1. The molecule has 0 atom stereocenters. The highest BCUT2D eigenvalue weighted by molar-refractivity contribution is 7.21. The van der Waals surface area contributed by atoms with Gasteiger partial charge in [0.2, 0.25) is 0 Å². The molecule has 2 aromatic heterocycles. The number of amides is 1. The molecule has 2 heterocycles. The lowest BCUT2D eigenvalue weighted by molar-refractivity contribution is 0.0932. The van der Waals surface area contributed by atoms with Crippen LogP contribution in [0.2, 0.25) is 0 Å². The molecule has 0 saturated heterocycles. The van der Waals surface area contributed by atoms with Crippen LogP contribution in [0, 0.1) is 6.92 Å². The number of nitrogens with one attached hydrogen (secondary N) is 1. The highest BCUT2D eigenvalue weighted by Gasteiger charge is 2.24. The highest BCUT2D eigenvalue weighted by Crippen LogP contribution is 2.41. The van der Waals surface area contributed by atoms with Gasteiger partial charge in [0.05, 0.1) is 18.5 Å². The van der Waals surface area contributed by atoms with E-state index in [0.717, 1.165) is 64.0 Å². The molecule has 1 amide bonds. The number of benzene rings is 2. The van der Waals surface area contributed by atoms with Gasteiger partial charge in [0.15, 0.2) is 0 Å². The van der Waals surface area contributed by atoms with E-state index in [1.807, 2.05) is 24.3 Å². The van der Waals surface area contributed by atoms with Gasteiger partial charge in [-0.05, 0) is 61.2 Å². The first-order valence-corrected chi connectivity index (χ1v) is 12.6. The fraction of sp³-hybridized carbons (Fsp3) is 0.286. The van der Waals surface area contributed by atoms with Crippen molar-refractivity contribution in [2.24, 2.45) is 0 Å². The van der Waals surface area contributed by atoms with E-state index < -0.39 is 0 Å². The van der Waals surface area contributed by atoms with E-state index in [2.05, 4.69) is 42.6 Å². The minimum atomic E-state index is -0.0896. The first kappa shape index (κ1) is 22.4. The quantitative estimate of drug-likeness (QED) is 0.344. The number of nitrogens with two attached hydrogens (primary N) is 1. The third-order valence-electron chi connectivity index (χ3n) is 6.59. The zero-order valence-electron chi connectivity index (χ0n) is 19.6. The van der Waals surface area contributed by atoms with E-state index >= 15 is 0 Å². The second-order valence-electron chi connectivity index (χ2n) is 8.98. The number of carbonyl (C=O) groups is 1. The number of fused-ring (bicyclic) bond motifs is 1. The third kappa shape index (κ3) is 4.38. The number of ether oxygens (including phenoxy) is 1. The molecule has 0 spiro atoms. The molecular formula is C28H29N3O2S. The maximum absolute atomic E-state index is 13.2. The SMILES string of the molecule is COc1ccc(-c2cc(-c3ccc(C)cc3)c3c(N)c(C(=O)NC4CCCCC4)sc3n2)cc1. The standard InChI is InChI=1S/C28H29N3O2S/c1-17-8-10-18(11-9-17)22-16-23(19-12-14-21(33-2)15-13-19)31-28-24(22)25(29)26(34-28)27(32)30-20-6-4-3-5-7-20/h8-16,20H,3-7,29H2,1-2H3,(H,30,32). The monoisotopic (exact) mass is 471 g/mol. The number of carbonyl (C=O) groups excluding carboxylic acids is 1. The maximum Gasteiger partial charge on any atom is 0.263 e. The van der Waals surface area contributed by atoms with Crippen molar-refractivity contribution >= 4 is 33.1 Å². The molecule has 1 aliphatic carbocycles. The third-order valence-corrected chi connectivity index (χ3v) is 7.69. The first-order valence-electron chi connectivity index (χ1n) is 11.8. The van der Waals surface area contributed by atoms with Crippen LogP contribution < -0.4 is 15.8 Å². The van der Waals surface area contributed by atoms with Crippen LogP contribution in [0.4, 0.5) is 5.69 Å². The number of pyridine rings is 1. The molecule has 0 radical (unpaired) electrons. The second-order valence-corrected chi connectivity index (χ2v) is 9.98. The molecule has 3 N–H and O–H groups in total. The van der Waals surface area contributed by atoms with Gasteiger partial charge >= 0.3 is 0 Å². The molecule has 0 unspecified atom stereocenters. The van der Waals surface area contributed by atoms with Gasteiger partial charge in [-0.2, -0.15) is 0 Å². The summed E-state index contributed by atoms with van der Waals surface area (Å²) in [6, 6.07) is 18.5. The molecule has 1 aliphatic rings. The predicted molar refractivity (Wildman–Crippen MR) is 141 cm³/mol. The molecule has 1 saturated carbocycles. The zero-order chi connectivity index (χ0) is 23.7. The molecule has 174 valence electrons.